The van der Waals surface area contributed by atoms with E-state index < -0.39 is 10.0 Å². The summed E-state index contributed by atoms with van der Waals surface area (Å²) in [7, 11) is -3.83. The first-order valence-electron chi connectivity index (χ1n) is 7.82. The molecule has 0 radical (unpaired) electrons. The lowest BCUT2D eigenvalue weighted by Gasteiger charge is -2.12. The number of sulfonamides is 1. The molecular weight excluding hydrogens is 409 g/mol. The molecule has 0 aliphatic rings. The van der Waals surface area contributed by atoms with Gasteiger partial charge in [0, 0.05) is 28.0 Å². The minimum atomic E-state index is -3.83. The number of halogens is 2. The molecule has 0 amide bonds. The van der Waals surface area contributed by atoms with E-state index in [4.69, 9.17) is 27.9 Å². The molecule has 9 heteroatoms. The molecular formula is C18H15Cl2N3O3S. The minimum Gasteiger partial charge on any atom is -0.470 e. The van der Waals surface area contributed by atoms with Crippen LogP contribution in [0, 0.1) is 6.92 Å². The number of hydrogen-bond acceptors (Lipinski definition) is 5. The number of anilines is 1. The molecule has 0 saturated carbocycles. The van der Waals surface area contributed by atoms with E-state index in [1.165, 1.54) is 24.5 Å². The minimum absolute atomic E-state index is 0.0174. The number of aryl methyl sites for hydroxylation is 1. The predicted octanol–water partition coefficient (Wildman–Crippen LogP) is 4.47. The van der Waals surface area contributed by atoms with E-state index >= 15 is 0 Å². The van der Waals surface area contributed by atoms with Crippen LogP contribution in [0.2, 0.25) is 10.0 Å². The van der Waals surface area contributed by atoms with Crippen molar-refractivity contribution in [2.45, 2.75) is 18.4 Å². The third kappa shape index (κ3) is 4.88. The van der Waals surface area contributed by atoms with Gasteiger partial charge in [-0.15, -0.1) is 0 Å². The van der Waals surface area contributed by atoms with E-state index in [0.29, 0.717) is 15.6 Å². The van der Waals surface area contributed by atoms with Crippen molar-refractivity contribution in [1.29, 1.82) is 0 Å². The molecule has 1 N–H and O–H groups in total. The van der Waals surface area contributed by atoms with E-state index in [0.717, 1.165) is 5.56 Å². The van der Waals surface area contributed by atoms with Crippen molar-refractivity contribution in [1.82, 2.24) is 9.97 Å². The molecule has 1 aromatic heterocycles. The Balaban J connectivity index is 1.81. The number of nitrogens with one attached hydrogen (secondary N) is 1. The first-order valence-corrected chi connectivity index (χ1v) is 10.1. The van der Waals surface area contributed by atoms with Gasteiger partial charge in [0.1, 0.15) is 6.61 Å². The largest absolute Gasteiger partial charge is 0.470 e. The molecule has 0 unspecified atom stereocenters. The highest BCUT2D eigenvalue weighted by Crippen LogP contribution is 2.25. The Hall–Kier alpha value is -2.35. The van der Waals surface area contributed by atoms with Crippen molar-refractivity contribution in [3.8, 4) is 5.88 Å². The van der Waals surface area contributed by atoms with Gasteiger partial charge in [0.05, 0.1) is 4.90 Å². The molecule has 27 heavy (non-hydrogen) atoms. The lowest BCUT2D eigenvalue weighted by atomic mass is 10.2. The van der Waals surface area contributed by atoms with Crippen molar-refractivity contribution in [3.63, 3.8) is 0 Å². The van der Waals surface area contributed by atoms with Crippen LogP contribution in [0.4, 0.5) is 5.82 Å². The fraction of sp³-hybridized carbons (Fsp3) is 0.111. The van der Waals surface area contributed by atoms with Crippen LogP contribution < -0.4 is 9.46 Å². The Morgan fingerprint density at radius 2 is 1.74 bits per heavy atom. The Morgan fingerprint density at radius 3 is 2.48 bits per heavy atom. The first-order chi connectivity index (χ1) is 12.8. The maximum atomic E-state index is 12.6. The van der Waals surface area contributed by atoms with Crippen LogP contribution in [0.5, 0.6) is 5.88 Å². The van der Waals surface area contributed by atoms with E-state index in [-0.39, 0.29) is 23.2 Å². The Bertz CT molecular complexity index is 1060. The summed E-state index contributed by atoms with van der Waals surface area (Å²) < 4.78 is 33.1. The van der Waals surface area contributed by atoms with Gasteiger partial charge in [-0.25, -0.2) is 18.4 Å². The number of aromatic nitrogens is 2. The summed E-state index contributed by atoms with van der Waals surface area (Å²) in [5, 5.41) is 0.988. The van der Waals surface area contributed by atoms with Crippen molar-refractivity contribution >= 4 is 39.0 Å². The monoisotopic (exact) mass is 423 g/mol. The highest BCUT2D eigenvalue weighted by atomic mass is 35.5. The summed E-state index contributed by atoms with van der Waals surface area (Å²) in [4.78, 5) is 8.19. The number of hydrogen-bond donors (Lipinski definition) is 1. The molecule has 0 spiro atoms. The van der Waals surface area contributed by atoms with Gasteiger partial charge in [0.25, 0.3) is 15.9 Å². The standard InChI is InChI=1S/C18H15Cl2N3O3S/c1-12-2-5-15(6-3-12)27(24,25)23-17-18(22-9-8-21-17)26-11-13-10-14(19)4-7-16(13)20/h2-10H,11H2,1H3,(H,21,23). The van der Waals surface area contributed by atoms with Gasteiger partial charge >= 0.3 is 0 Å². The van der Waals surface area contributed by atoms with E-state index in [9.17, 15) is 8.42 Å². The predicted molar refractivity (Wildman–Crippen MR) is 105 cm³/mol. The second-order valence-electron chi connectivity index (χ2n) is 5.65. The van der Waals surface area contributed by atoms with Crippen LogP contribution in [0.3, 0.4) is 0 Å². The van der Waals surface area contributed by atoms with Crippen molar-refractivity contribution in [2.24, 2.45) is 0 Å². The second kappa shape index (κ2) is 8.12. The summed E-state index contributed by atoms with van der Waals surface area (Å²) in [5.41, 5.74) is 1.60. The van der Waals surface area contributed by atoms with Crippen molar-refractivity contribution in [3.05, 3.63) is 76.0 Å². The van der Waals surface area contributed by atoms with Crippen LogP contribution in [0.25, 0.3) is 0 Å². The summed E-state index contributed by atoms with van der Waals surface area (Å²) in [6, 6.07) is 11.4. The molecule has 0 saturated heterocycles. The normalized spacial score (nSPS) is 11.2. The quantitative estimate of drug-likeness (QED) is 0.632. The van der Waals surface area contributed by atoms with Crippen LogP contribution in [-0.4, -0.2) is 18.4 Å². The summed E-state index contributed by atoms with van der Waals surface area (Å²) in [6.45, 7) is 1.93. The maximum absolute atomic E-state index is 12.6. The van der Waals surface area contributed by atoms with Crippen LogP contribution >= 0.6 is 23.2 Å². The topological polar surface area (TPSA) is 81.2 Å². The van der Waals surface area contributed by atoms with Crippen LogP contribution in [0.15, 0.2) is 59.8 Å². The lowest BCUT2D eigenvalue weighted by molar-refractivity contribution is 0.294. The molecule has 2 aromatic carbocycles. The second-order valence-corrected chi connectivity index (χ2v) is 8.18. The fourth-order valence-corrected chi connectivity index (χ4v) is 3.58. The number of nitrogens with zero attached hydrogens (tertiary/aromatic N) is 2. The molecule has 0 aliphatic heterocycles. The van der Waals surface area contributed by atoms with Gasteiger partial charge in [-0.05, 0) is 37.3 Å². The maximum Gasteiger partial charge on any atom is 0.263 e. The van der Waals surface area contributed by atoms with Gasteiger partial charge in [0.2, 0.25) is 5.82 Å². The Kier molecular flexibility index (Phi) is 5.84. The lowest BCUT2D eigenvalue weighted by Crippen LogP contribution is -2.15. The Morgan fingerprint density at radius 1 is 1.04 bits per heavy atom. The van der Waals surface area contributed by atoms with E-state index in [2.05, 4.69) is 14.7 Å². The molecule has 0 fully saturated rings. The van der Waals surface area contributed by atoms with Gasteiger partial charge in [-0.1, -0.05) is 40.9 Å². The third-order valence-electron chi connectivity index (χ3n) is 3.60. The van der Waals surface area contributed by atoms with Gasteiger partial charge in [-0.3, -0.25) is 4.72 Å². The summed E-state index contributed by atoms with van der Waals surface area (Å²) >= 11 is 12.1. The van der Waals surface area contributed by atoms with Crippen LogP contribution in [0.1, 0.15) is 11.1 Å². The molecule has 3 aromatic rings. The zero-order chi connectivity index (χ0) is 19.4. The average Bonchev–Trinajstić information content (AvgIpc) is 2.63. The molecule has 0 atom stereocenters. The number of benzene rings is 2. The first kappa shape index (κ1) is 19.4. The van der Waals surface area contributed by atoms with E-state index in [1.54, 1.807) is 30.3 Å². The van der Waals surface area contributed by atoms with Crippen LogP contribution in [-0.2, 0) is 16.6 Å². The third-order valence-corrected chi connectivity index (χ3v) is 5.56. The van der Waals surface area contributed by atoms with Gasteiger partial charge < -0.3 is 4.74 Å². The zero-order valence-corrected chi connectivity index (χ0v) is 16.5. The van der Waals surface area contributed by atoms with Gasteiger partial charge in [0.15, 0.2) is 0 Å². The highest BCUT2D eigenvalue weighted by molar-refractivity contribution is 7.92. The molecule has 3 rings (SSSR count). The molecule has 1 heterocycles. The highest BCUT2D eigenvalue weighted by Gasteiger charge is 2.18. The average molecular weight is 424 g/mol. The number of rotatable bonds is 6. The zero-order valence-electron chi connectivity index (χ0n) is 14.2. The number of ether oxygens (including phenoxy) is 1. The smallest absolute Gasteiger partial charge is 0.263 e. The molecule has 140 valence electrons. The molecule has 6 nitrogen and oxygen atoms in total. The Labute approximate surface area is 167 Å². The summed E-state index contributed by atoms with van der Waals surface area (Å²) in [6.07, 6.45) is 2.77. The summed E-state index contributed by atoms with van der Waals surface area (Å²) in [5.74, 6) is 0.0143. The van der Waals surface area contributed by atoms with Crippen molar-refractivity contribution in [2.75, 3.05) is 4.72 Å². The SMILES string of the molecule is Cc1ccc(S(=O)(=O)Nc2nccnc2OCc2cc(Cl)ccc2Cl)cc1. The molecule has 0 bridgehead atoms. The van der Waals surface area contributed by atoms with Gasteiger partial charge in [-0.2, -0.15) is 0 Å². The fourth-order valence-electron chi connectivity index (χ4n) is 2.20. The molecule has 0 aliphatic carbocycles. The van der Waals surface area contributed by atoms with Crippen molar-refractivity contribution < 1.29 is 13.2 Å². The van der Waals surface area contributed by atoms with E-state index in [1.807, 2.05) is 6.92 Å².